The molecule has 0 aromatic heterocycles. The van der Waals surface area contributed by atoms with Crippen molar-refractivity contribution in [2.75, 3.05) is 19.8 Å². The van der Waals surface area contributed by atoms with Gasteiger partial charge in [-0.15, -0.1) is 0 Å². The van der Waals surface area contributed by atoms with Crippen LogP contribution in [0.2, 0.25) is 0 Å². The van der Waals surface area contributed by atoms with Gasteiger partial charge in [-0.1, -0.05) is 26.7 Å². The first kappa shape index (κ1) is 12.4. The minimum Gasteiger partial charge on any atom is -0.372 e. The topological polar surface area (TPSA) is 38.3 Å². The molecule has 0 aromatic carbocycles. The maximum Gasteiger partial charge on any atom is 0.246 e. The quantitative estimate of drug-likeness (QED) is 0.657. The van der Waals surface area contributed by atoms with E-state index >= 15 is 0 Å². The zero-order valence-corrected chi connectivity index (χ0v) is 8.93. The summed E-state index contributed by atoms with van der Waals surface area (Å²) in [7, 11) is 0. The maximum absolute atomic E-state index is 11.1. The predicted molar refractivity (Wildman–Crippen MR) is 53.6 cm³/mol. The third kappa shape index (κ3) is 6.58. The highest BCUT2D eigenvalue weighted by Gasteiger charge is 2.05. The van der Waals surface area contributed by atoms with E-state index in [-0.39, 0.29) is 12.5 Å². The van der Waals surface area contributed by atoms with Crippen LogP contribution in [-0.2, 0) is 9.53 Å². The average Bonchev–Trinajstić information content (AvgIpc) is 2.16. The number of carbonyl (C=O) groups is 1. The highest BCUT2D eigenvalue weighted by molar-refractivity contribution is 5.77. The summed E-state index contributed by atoms with van der Waals surface area (Å²) in [4.78, 5) is 11.1. The molecule has 78 valence electrons. The molecule has 0 unspecified atom stereocenters. The van der Waals surface area contributed by atoms with Gasteiger partial charge in [0.2, 0.25) is 5.91 Å². The van der Waals surface area contributed by atoms with Gasteiger partial charge in [0.25, 0.3) is 0 Å². The van der Waals surface area contributed by atoms with Crippen LogP contribution in [0.1, 0.15) is 33.6 Å². The Morgan fingerprint density at radius 1 is 1.31 bits per heavy atom. The van der Waals surface area contributed by atoms with Gasteiger partial charge < -0.3 is 10.1 Å². The Labute approximate surface area is 80.8 Å². The number of hydrogen-bond donors (Lipinski definition) is 1. The highest BCUT2D eigenvalue weighted by atomic mass is 16.5. The maximum atomic E-state index is 11.1. The molecule has 0 heterocycles. The van der Waals surface area contributed by atoms with E-state index in [4.69, 9.17) is 4.74 Å². The first-order valence-electron chi connectivity index (χ1n) is 5.08. The van der Waals surface area contributed by atoms with Crippen LogP contribution in [-0.4, -0.2) is 25.7 Å². The fourth-order valence-corrected chi connectivity index (χ4v) is 1.08. The van der Waals surface area contributed by atoms with Gasteiger partial charge in [-0.25, -0.2) is 0 Å². The second-order valence-electron chi connectivity index (χ2n) is 3.12. The molecule has 0 aliphatic heterocycles. The fraction of sp³-hybridized carbons (Fsp3) is 0.900. The van der Waals surface area contributed by atoms with Crippen molar-refractivity contribution in [3.63, 3.8) is 0 Å². The second-order valence-corrected chi connectivity index (χ2v) is 3.12. The van der Waals surface area contributed by atoms with E-state index in [0.717, 1.165) is 19.4 Å². The summed E-state index contributed by atoms with van der Waals surface area (Å²) in [6.45, 7) is 7.73. The zero-order chi connectivity index (χ0) is 10.1. The largest absolute Gasteiger partial charge is 0.372 e. The van der Waals surface area contributed by atoms with Crippen LogP contribution in [0, 0.1) is 5.92 Å². The molecule has 0 radical (unpaired) electrons. The Morgan fingerprint density at radius 2 is 1.92 bits per heavy atom. The molecular weight excluding hydrogens is 166 g/mol. The van der Waals surface area contributed by atoms with Crippen molar-refractivity contribution in [3.8, 4) is 0 Å². The first-order chi connectivity index (χ1) is 6.24. The van der Waals surface area contributed by atoms with Crippen LogP contribution in [0.5, 0.6) is 0 Å². The van der Waals surface area contributed by atoms with Crippen molar-refractivity contribution < 1.29 is 9.53 Å². The molecule has 0 spiro atoms. The van der Waals surface area contributed by atoms with E-state index in [1.165, 1.54) is 0 Å². The molecular formula is C10H21NO2. The van der Waals surface area contributed by atoms with Crippen molar-refractivity contribution in [1.82, 2.24) is 5.32 Å². The number of hydrogen-bond acceptors (Lipinski definition) is 2. The molecule has 0 atom stereocenters. The van der Waals surface area contributed by atoms with Crippen LogP contribution in [0.15, 0.2) is 0 Å². The minimum atomic E-state index is -0.00579. The van der Waals surface area contributed by atoms with E-state index in [2.05, 4.69) is 19.2 Å². The zero-order valence-electron chi connectivity index (χ0n) is 8.93. The molecule has 0 aromatic rings. The van der Waals surface area contributed by atoms with Crippen LogP contribution in [0.3, 0.4) is 0 Å². The molecule has 0 bridgehead atoms. The molecule has 1 amide bonds. The number of amides is 1. The lowest BCUT2D eigenvalue weighted by atomic mass is 10.0. The van der Waals surface area contributed by atoms with Gasteiger partial charge in [-0.05, 0) is 12.8 Å². The minimum absolute atomic E-state index is 0.00579. The van der Waals surface area contributed by atoms with Gasteiger partial charge in [-0.3, -0.25) is 4.79 Å². The van der Waals surface area contributed by atoms with Crippen molar-refractivity contribution in [1.29, 1.82) is 0 Å². The van der Waals surface area contributed by atoms with Gasteiger partial charge in [0, 0.05) is 13.2 Å². The van der Waals surface area contributed by atoms with Gasteiger partial charge in [0.15, 0.2) is 0 Å². The molecule has 0 saturated heterocycles. The number of carbonyl (C=O) groups excluding carboxylic acids is 1. The first-order valence-corrected chi connectivity index (χ1v) is 5.08. The van der Waals surface area contributed by atoms with Crippen LogP contribution >= 0.6 is 0 Å². The molecule has 3 nitrogen and oxygen atoms in total. The standard InChI is InChI=1S/C10H21NO2/c1-4-9(5-2)7-11-10(12)8-13-6-3/h9H,4-8H2,1-3H3,(H,11,12). The molecule has 3 heteroatoms. The molecule has 13 heavy (non-hydrogen) atoms. The van der Waals surface area contributed by atoms with E-state index < -0.39 is 0 Å². The monoisotopic (exact) mass is 187 g/mol. The van der Waals surface area contributed by atoms with Gasteiger partial charge >= 0.3 is 0 Å². The lowest BCUT2D eigenvalue weighted by molar-refractivity contribution is -0.125. The molecule has 1 N–H and O–H groups in total. The number of ether oxygens (including phenoxy) is 1. The second kappa shape index (κ2) is 8.05. The van der Waals surface area contributed by atoms with Gasteiger partial charge in [-0.2, -0.15) is 0 Å². The van der Waals surface area contributed by atoms with Crippen molar-refractivity contribution in [2.24, 2.45) is 5.92 Å². The highest BCUT2D eigenvalue weighted by Crippen LogP contribution is 2.04. The molecule has 0 rings (SSSR count). The third-order valence-corrected chi connectivity index (χ3v) is 2.18. The lowest BCUT2D eigenvalue weighted by Gasteiger charge is -2.12. The van der Waals surface area contributed by atoms with E-state index in [1.807, 2.05) is 6.92 Å². The van der Waals surface area contributed by atoms with Gasteiger partial charge in [0.1, 0.15) is 6.61 Å². The van der Waals surface area contributed by atoms with Crippen LogP contribution < -0.4 is 5.32 Å². The van der Waals surface area contributed by atoms with Gasteiger partial charge in [0.05, 0.1) is 0 Å². The summed E-state index contributed by atoms with van der Waals surface area (Å²) >= 11 is 0. The normalized spacial score (nSPS) is 10.5. The fourth-order valence-electron chi connectivity index (χ4n) is 1.08. The summed E-state index contributed by atoms with van der Waals surface area (Å²) in [5, 5.41) is 2.86. The molecule has 0 saturated carbocycles. The summed E-state index contributed by atoms with van der Waals surface area (Å²) in [5.74, 6) is 0.597. The SMILES string of the molecule is CCOCC(=O)NCC(CC)CC. The Balaban J connectivity index is 3.44. The van der Waals surface area contributed by atoms with Crippen molar-refractivity contribution >= 4 is 5.91 Å². The van der Waals surface area contributed by atoms with E-state index in [9.17, 15) is 4.79 Å². The molecule has 0 aliphatic carbocycles. The van der Waals surface area contributed by atoms with E-state index in [0.29, 0.717) is 12.5 Å². The summed E-state index contributed by atoms with van der Waals surface area (Å²) in [6.07, 6.45) is 2.23. The average molecular weight is 187 g/mol. The Morgan fingerprint density at radius 3 is 2.38 bits per heavy atom. The number of rotatable bonds is 7. The third-order valence-electron chi connectivity index (χ3n) is 2.18. The van der Waals surface area contributed by atoms with E-state index in [1.54, 1.807) is 0 Å². The van der Waals surface area contributed by atoms with Crippen molar-refractivity contribution in [3.05, 3.63) is 0 Å². The summed E-state index contributed by atoms with van der Waals surface area (Å²) in [5.41, 5.74) is 0. The lowest BCUT2D eigenvalue weighted by Crippen LogP contribution is -2.31. The Bertz CT molecular complexity index is 133. The molecule has 0 fully saturated rings. The Kier molecular flexibility index (Phi) is 7.69. The smallest absolute Gasteiger partial charge is 0.246 e. The van der Waals surface area contributed by atoms with Crippen LogP contribution in [0.4, 0.5) is 0 Å². The summed E-state index contributed by atoms with van der Waals surface area (Å²) < 4.78 is 4.98. The predicted octanol–water partition coefficient (Wildman–Crippen LogP) is 1.58. The summed E-state index contributed by atoms with van der Waals surface area (Å²) in [6, 6.07) is 0. The van der Waals surface area contributed by atoms with Crippen molar-refractivity contribution in [2.45, 2.75) is 33.6 Å². The number of nitrogens with one attached hydrogen (secondary N) is 1. The Hall–Kier alpha value is -0.570. The molecule has 0 aliphatic rings. The van der Waals surface area contributed by atoms with Crippen LogP contribution in [0.25, 0.3) is 0 Å².